The standard InChI is InChI=1S/C8H20N2/c1-5-10(6-2)7-8(3)9-4/h8-9H,5-7H2,1-4H3/t8-/m0/s1. The summed E-state index contributed by atoms with van der Waals surface area (Å²) in [5, 5.41) is 3.22. The summed E-state index contributed by atoms with van der Waals surface area (Å²) in [6.45, 7) is 10.1. The van der Waals surface area contributed by atoms with E-state index in [-0.39, 0.29) is 0 Å². The normalized spacial score (nSPS) is 14.1. The van der Waals surface area contributed by atoms with Gasteiger partial charge in [0.2, 0.25) is 0 Å². The molecular formula is C8H20N2. The molecule has 1 N–H and O–H groups in total. The largest absolute Gasteiger partial charge is 0.316 e. The maximum Gasteiger partial charge on any atom is 0.0163 e. The molecule has 0 saturated heterocycles. The minimum absolute atomic E-state index is 0.611. The average Bonchev–Trinajstić information content (AvgIpc) is 1.99. The Bertz CT molecular complexity index is 69.7. The zero-order valence-electron chi connectivity index (χ0n) is 7.65. The molecule has 0 aromatic heterocycles. The Kier molecular flexibility index (Phi) is 5.64. The summed E-state index contributed by atoms with van der Waals surface area (Å²) in [5.41, 5.74) is 0. The fraction of sp³-hybridized carbons (Fsp3) is 1.00. The molecule has 62 valence electrons. The van der Waals surface area contributed by atoms with Crippen molar-refractivity contribution in [3.05, 3.63) is 0 Å². The molecular weight excluding hydrogens is 124 g/mol. The van der Waals surface area contributed by atoms with E-state index in [1.54, 1.807) is 0 Å². The van der Waals surface area contributed by atoms with Crippen LogP contribution in [-0.2, 0) is 0 Å². The number of likely N-dealkylation sites (N-methyl/N-ethyl adjacent to an activating group) is 2. The zero-order chi connectivity index (χ0) is 7.98. The van der Waals surface area contributed by atoms with Gasteiger partial charge in [0, 0.05) is 12.6 Å². The van der Waals surface area contributed by atoms with Crippen LogP contribution in [0.5, 0.6) is 0 Å². The lowest BCUT2D eigenvalue weighted by molar-refractivity contribution is 0.276. The molecule has 0 amide bonds. The Morgan fingerprint density at radius 3 is 2.10 bits per heavy atom. The van der Waals surface area contributed by atoms with Crippen molar-refractivity contribution in [2.24, 2.45) is 0 Å². The van der Waals surface area contributed by atoms with Gasteiger partial charge >= 0.3 is 0 Å². The summed E-state index contributed by atoms with van der Waals surface area (Å²) in [4.78, 5) is 2.42. The Morgan fingerprint density at radius 2 is 1.80 bits per heavy atom. The molecule has 0 unspecified atom stereocenters. The number of nitrogens with zero attached hydrogens (tertiary/aromatic N) is 1. The van der Waals surface area contributed by atoms with Crippen molar-refractivity contribution in [2.45, 2.75) is 26.8 Å². The second-order valence-corrected chi connectivity index (χ2v) is 2.68. The topological polar surface area (TPSA) is 15.3 Å². The quantitative estimate of drug-likeness (QED) is 0.617. The Hall–Kier alpha value is -0.0800. The van der Waals surface area contributed by atoms with Crippen LogP contribution in [0.1, 0.15) is 20.8 Å². The van der Waals surface area contributed by atoms with Crippen molar-refractivity contribution < 1.29 is 0 Å². The lowest BCUT2D eigenvalue weighted by atomic mass is 10.3. The second-order valence-electron chi connectivity index (χ2n) is 2.68. The van der Waals surface area contributed by atoms with Gasteiger partial charge in [-0.1, -0.05) is 13.8 Å². The molecule has 0 fully saturated rings. The van der Waals surface area contributed by atoms with Gasteiger partial charge in [0.15, 0.2) is 0 Å². The molecule has 0 aromatic carbocycles. The van der Waals surface area contributed by atoms with Crippen LogP contribution in [0.3, 0.4) is 0 Å². The summed E-state index contributed by atoms with van der Waals surface area (Å²) in [7, 11) is 2.01. The number of hydrogen-bond acceptors (Lipinski definition) is 2. The van der Waals surface area contributed by atoms with Crippen molar-refractivity contribution in [1.29, 1.82) is 0 Å². The summed E-state index contributed by atoms with van der Waals surface area (Å²) in [6, 6.07) is 0.611. The molecule has 1 atom stereocenters. The first-order chi connectivity index (χ1) is 4.74. The van der Waals surface area contributed by atoms with Crippen LogP contribution in [-0.4, -0.2) is 37.6 Å². The van der Waals surface area contributed by atoms with E-state index in [1.165, 1.54) is 0 Å². The SMILES string of the molecule is CCN(CC)C[C@H](C)NC. The van der Waals surface area contributed by atoms with Gasteiger partial charge in [-0.2, -0.15) is 0 Å². The average molecular weight is 144 g/mol. The third-order valence-electron chi connectivity index (χ3n) is 1.92. The molecule has 0 radical (unpaired) electrons. The molecule has 0 aromatic rings. The first kappa shape index (κ1) is 9.92. The maximum absolute atomic E-state index is 3.22. The van der Waals surface area contributed by atoms with Gasteiger partial charge in [-0.25, -0.2) is 0 Å². The van der Waals surface area contributed by atoms with Gasteiger partial charge in [0.25, 0.3) is 0 Å². The van der Waals surface area contributed by atoms with Crippen LogP contribution in [0.25, 0.3) is 0 Å². The molecule has 0 saturated carbocycles. The predicted molar refractivity (Wildman–Crippen MR) is 46.3 cm³/mol. The number of nitrogens with one attached hydrogen (secondary N) is 1. The van der Waals surface area contributed by atoms with Gasteiger partial charge in [0.05, 0.1) is 0 Å². The van der Waals surface area contributed by atoms with E-state index >= 15 is 0 Å². The van der Waals surface area contributed by atoms with Gasteiger partial charge in [-0.15, -0.1) is 0 Å². The van der Waals surface area contributed by atoms with E-state index in [2.05, 4.69) is 31.0 Å². The van der Waals surface area contributed by atoms with Gasteiger partial charge in [-0.3, -0.25) is 0 Å². The minimum atomic E-state index is 0.611. The smallest absolute Gasteiger partial charge is 0.0163 e. The molecule has 2 heteroatoms. The lowest BCUT2D eigenvalue weighted by Crippen LogP contribution is -2.37. The van der Waals surface area contributed by atoms with Crippen LogP contribution in [0.2, 0.25) is 0 Å². The highest BCUT2D eigenvalue weighted by molar-refractivity contribution is 4.62. The molecule has 2 nitrogen and oxygen atoms in total. The van der Waals surface area contributed by atoms with Gasteiger partial charge < -0.3 is 10.2 Å². The van der Waals surface area contributed by atoms with Crippen LogP contribution >= 0.6 is 0 Å². The Morgan fingerprint density at radius 1 is 1.30 bits per heavy atom. The highest BCUT2D eigenvalue weighted by Gasteiger charge is 2.02. The van der Waals surface area contributed by atoms with Crippen molar-refractivity contribution in [3.63, 3.8) is 0 Å². The fourth-order valence-electron chi connectivity index (χ4n) is 0.960. The molecule has 0 aliphatic rings. The Balaban J connectivity index is 3.41. The van der Waals surface area contributed by atoms with Crippen molar-refractivity contribution in [3.8, 4) is 0 Å². The van der Waals surface area contributed by atoms with Gasteiger partial charge in [0.1, 0.15) is 0 Å². The summed E-state index contributed by atoms with van der Waals surface area (Å²) in [5.74, 6) is 0. The summed E-state index contributed by atoms with van der Waals surface area (Å²) >= 11 is 0. The number of rotatable bonds is 5. The number of hydrogen-bond donors (Lipinski definition) is 1. The maximum atomic E-state index is 3.22. The molecule has 0 aliphatic heterocycles. The second kappa shape index (κ2) is 5.69. The van der Waals surface area contributed by atoms with E-state index < -0.39 is 0 Å². The van der Waals surface area contributed by atoms with Gasteiger partial charge in [-0.05, 0) is 27.1 Å². The summed E-state index contributed by atoms with van der Waals surface area (Å²) in [6.07, 6.45) is 0. The van der Waals surface area contributed by atoms with E-state index in [4.69, 9.17) is 0 Å². The molecule has 0 aliphatic carbocycles. The van der Waals surface area contributed by atoms with Crippen LogP contribution in [0.4, 0.5) is 0 Å². The van der Waals surface area contributed by atoms with Crippen molar-refractivity contribution in [1.82, 2.24) is 10.2 Å². The predicted octanol–water partition coefficient (Wildman–Crippen LogP) is 0.936. The highest BCUT2D eigenvalue weighted by Crippen LogP contribution is 1.89. The van der Waals surface area contributed by atoms with E-state index in [9.17, 15) is 0 Å². The van der Waals surface area contributed by atoms with E-state index in [0.29, 0.717) is 6.04 Å². The third kappa shape index (κ3) is 3.85. The monoisotopic (exact) mass is 144 g/mol. The first-order valence-corrected chi connectivity index (χ1v) is 4.14. The highest BCUT2D eigenvalue weighted by atomic mass is 15.1. The van der Waals surface area contributed by atoms with Crippen LogP contribution in [0.15, 0.2) is 0 Å². The van der Waals surface area contributed by atoms with Crippen LogP contribution < -0.4 is 5.32 Å². The van der Waals surface area contributed by atoms with Crippen LogP contribution in [0, 0.1) is 0 Å². The zero-order valence-corrected chi connectivity index (χ0v) is 7.65. The first-order valence-electron chi connectivity index (χ1n) is 4.14. The molecule has 0 heterocycles. The molecule has 0 bridgehead atoms. The van der Waals surface area contributed by atoms with E-state index in [1.807, 2.05) is 7.05 Å². The summed E-state index contributed by atoms with van der Waals surface area (Å²) < 4.78 is 0. The minimum Gasteiger partial charge on any atom is -0.316 e. The third-order valence-corrected chi connectivity index (χ3v) is 1.92. The van der Waals surface area contributed by atoms with Crippen molar-refractivity contribution >= 4 is 0 Å². The van der Waals surface area contributed by atoms with Crippen molar-refractivity contribution in [2.75, 3.05) is 26.7 Å². The fourth-order valence-corrected chi connectivity index (χ4v) is 0.960. The lowest BCUT2D eigenvalue weighted by Gasteiger charge is -2.21. The molecule has 10 heavy (non-hydrogen) atoms. The Labute approximate surface area is 64.6 Å². The molecule has 0 rings (SSSR count). The molecule has 0 spiro atoms. The van der Waals surface area contributed by atoms with E-state index in [0.717, 1.165) is 19.6 Å².